The highest BCUT2D eigenvalue weighted by atomic mass is 35.5. The normalized spacial score (nSPS) is 17.0. The van der Waals surface area contributed by atoms with Crippen molar-refractivity contribution >= 4 is 38.9 Å². The highest BCUT2D eigenvalue weighted by molar-refractivity contribution is 7.91. The van der Waals surface area contributed by atoms with Gasteiger partial charge in [-0.2, -0.15) is 0 Å². The minimum Gasteiger partial charge on any atom is -0.312 e. The number of halogens is 1. The summed E-state index contributed by atoms with van der Waals surface area (Å²) in [5.41, 5.74) is 3.08. The summed E-state index contributed by atoms with van der Waals surface area (Å²) in [6.45, 7) is 0.670. The lowest BCUT2D eigenvalue weighted by atomic mass is 10.1. The number of carbonyl (C=O) groups excluding carboxylic acids is 1. The minimum atomic E-state index is -3.55. The number of nitrogens with one attached hydrogen (secondary N) is 1. The fourth-order valence-electron chi connectivity index (χ4n) is 4.15. The third-order valence-corrected chi connectivity index (χ3v) is 6.96. The largest absolute Gasteiger partial charge is 0.312 e. The van der Waals surface area contributed by atoms with Gasteiger partial charge in [0.05, 0.1) is 5.75 Å². The van der Waals surface area contributed by atoms with Gasteiger partial charge in [-0.3, -0.25) is 9.52 Å². The fourth-order valence-corrected chi connectivity index (χ4v) is 5.54. The number of anilines is 2. The lowest BCUT2D eigenvalue weighted by Gasteiger charge is -2.21. The maximum atomic E-state index is 12.8. The first-order valence-electron chi connectivity index (χ1n) is 9.60. The summed E-state index contributed by atoms with van der Waals surface area (Å²) in [5.74, 6) is 0.212. The average Bonchev–Trinajstić information content (AvgIpc) is 3.30. The Morgan fingerprint density at radius 1 is 1.14 bits per heavy atom. The Balaban J connectivity index is 1.48. The lowest BCUT2D eigenvalue weighted by Crippen LogP contribution is -2.33. The molecule has 0 spiro atoms. The topological polar surface area (TPSA) is 66.5 Å². The van der Waals surface area contributed by atoms with Gasteiger partial charge < -0.3 is 4.90 Å². The molecule has 1 saturated carbocycles. The summed E-state index contributed by atoms with van der Waals surface area (Å²) in [5, 5.41) is 0.511. The molecule has 5 nitrogen and oxygen atoms in total. The summed E-state index contributed by atoms with van der Waals surface area (Å²) in [6, 6.07) is 12.3. The van der Waals surface area contributed by atoms with Crippen molar-refractivity contribution in [3.8, 4) is 0 Å². The molecule has 2 aromatic rings. The molecule has 0 radical (unpaired) electrons. The van der Waals surface area contributed by atoms with Crippen LogP contribution in [-0.2, 0) is 27.0 Å². The van der Waals surface area contributed by atoms with Crippen LogP contribution in [0.3, 0.4) is 0 Å². The first-order chi connectivity index (χ1) is 13.4. The molecule has 7 heteroatoms. The molecule has 0 aromatic heterocycles. The molecule has 4 rings (SSSR count). The number of hydrogen-bond acceptors (Lipinski definition) is 3. The van der Waals surface area contributed by atoms with E-state index in [0.717, 1.165) is 43.4 Å². The van der Waals surface area contributed by atoms with Crippen LogP contribution in [0, 0.1) is 5.92 Å². The van der Waals surface area contributed by atoms with Crippen LogP contribution < -0.4 is 9.62 Å². The molecule has 1 amide bonds. The van der Waals surface area contributed by atoms with Crippen molar-refractivity contribution in [1.82, 2.24) is 0 Å². The Labute approximate surface area is 170 Å². The molecule has 2 aromatic carbocycles. The van der Waals surface area contributed by atoms with E-state index in [4.69, 9.17) is 11.6 Å². The fraction of sp³-hybridized carbons (Fsp3) is 0.381. The van der Waals surface area contributed by atoms with Crippen LogP contribution in [0.2, 0.25) is 5.02 Å². The van der Waals surface area contributed by atoms with Crippen LogP contribution in [0.25, 0.3) is 0 Å². The third-order valence-electron chi connectivity index (χ3n) is 5.46. The third kappa shape index (κ3) is 4.18. The van der Waals surface area contributed by atoms with Crippen LogP contribution in [-0.4, -0.2) is 20.9 Å². The molecule has 0 unspecified atom stereocenters. The molecule has 148 valence electrons. The predicted octanol–water partition coefficient (Wildman–Crippen LogP) is 4.36. The van der Waals surface area contributed by atoms with E-state index in [1.54, 1.807) is 30.3 Å². The first-order valence-corrected chi connectivity index (χ1v) is 11.6. The molecule has 0 bridgehead atoms. The van der Waals surface area contributed by atoms with E-state index in [2.05, 4.69) is 4.72 Å². The molecular weight excluding hydrogens is 396 g/mol. The monoisotopic (exact) mass is 418 g/mol. The molecule has 28 heavy (non-hydrogen) atoms. The van der Waals surface area contributed by atoms with Crippen molar-refractivity contribution < 1.29 is 13.2 Å². The second-order valence-electron chi connectivity index (χ2n) is 7.56. The van der Waals surface area contributed by atoms with Crippen LogP contribution in [0.4, 0.5) is 11.4 Å². The van der Waals surface area contributed by atoms with Crippen LogP contribution in [0.1, 0.15) is 36.8 Å². The smallest absolute Gasteiger partial charge is 0.236 e. The summed E-state index contributed by atoms with van der Waals surface area (Å²) in [7, 11) is -3.55. The zero-order valence-electron chi connectivity index (χ0n) is 15.5. The van der Waals surface area contributed by atoms with Gasteiger partial charge in [0.2, 0.25) is 15.9 Å². The number of hydrogen-bond donors (Lipinski definition) is 1. The maximum absolute atomic E-state index is 12.8. The zero-order chi connectivity index (χ0) is 19.7. The number of carbonyl (C=O) groups is 1. The standard InChI is InChI=1S/C21H23ClN2O3S/c22-18-7-3-4-15(12-18)14-28(26,27)23-19-8-9-20-17(13-19)10-11-24(20)21(25)16-5-1-2-6-16/h3-4,7-9,12-13,16,23H,1-2,5-6,10-11,14H2. The van der Waals surface area contributed by atoms with Gasteiger partial charge in [-0.05, 0) is 60.7 Å². The molecule has 1 aliphatic heterocycles. The van der Waals surface area contributed by atoms with Crippen molar-refractivity contribution in [2.24, 2.45) is 5.92 Å². The first kappa shape index (κ1) is 19.3. The van der Waals surface area contributed by atoms with E-state index in [0.29, 0.717) is 22.8 Å². The average molecular weight is 419 g/mol. The Morgan fingerprint density at radius 2 is 1.93 bits per heavy atom. The minimum absolute atomic E-state index is 0.141. The van der Waals surface area contributed by atoms with E-state index in [1.165, 1.54) is 0 Å². The van der Waals surface area contributed by atoms with Crippen molar-refractivity contribution in [3.63, 3.8) is 0 Å². The van der Waals surface area contributed by atoms with Crippen LogP contribution in [0.5, 0.6) is 0 Å². The van der Waals surface area contributed by atoms with Crippen LogP contribution in [0.15, 0.2) is 42.5 Å². The van der Waals surface area contributed by atoms with E-state index >= 15 is 0 Å². The van der Waals surface area contributed by atoms with Gasteiger partial charge in [-0.25, -0.2) is 8.42 Å². The number of rotatable bonds is 5. The molecule has 1 heterocycles. The number of sulfonamides is 1. The lowest BCUT2D eigenvalue weighted by molar-refractivity contribution is -0.122. The van der Waals surface area contributed by atoms with E-state index in [9.17, 15) is 13.2 Å². The Morgan fingerprint density at radius 3 is 2.68 bits per heavy atom. The van der Waals surface area contributed by atoms with Crippen LogP contribution >= 0.6 is 11.6 Å². The van der Waals surface area contributed by atoms with Gasteiger partial charge in [-0.1, -0.05) is 36.6 Å². The molecule has 2 aliphatic rings. The SMILES string of the molecule is O=C(C1CCCC1)N1CCc2cc(NS(=O)(=O)Cc3cccc(Cl)c3)ccc21. The molecular formula is C21H23ClN2O3S. The van der Waals surface area contributed by atoms with Crippen molar-refractivity contribution in [2.75, 3.05) is 16.2 Å². The number of fused-ring (bicyclic) bond motifs is 1. The molecule has 1 fully saturated rings. The van der Waals surface area contributed by atoms with Gasteiger partial charge in [0.25, 0.3) is 0 Å². The Hall–Kier alpha value is -2.05. The number of nitrogens with zero attached hydrogens (tertiary/aromatic N) is 1. The quantitative estimate of drug-likeness (QED) is 0.784. The van der Waals surface area contributed by atoms with Gasteiger partial charge >= 0.3 is 0 Å². The van der Waals surface area contributed by atoms with Crippen molar-refractivity contribution in [1.29, 1.82) is 0 Å². The highest BCUT2D eigenvalue weighted by Crippen LogP contribution is 2.35. The maximum Gasteiger partial charge on any atom is 0.236 e. The second-order valence-corrected chi connectivity index (χ2v) is 9.71. The molecule has 0 atom stereocenters. The Bertz CT molecular complexity index is 1000. The number of amides is 1. The highest BCUT2D eigenvalue weighted by Gasteiger charge is 2.32. The molecule has 1 N–H and O–H groups in total. The van der Waals surface area contributed by atoms with Gasteiger partial charge in [-0.15, -0.1) is 0 Å². The summed E-state index contributed by atoms with van der Waals surface area (Å²) in [4.78, 5) is 14.6. The zero-order valence-corrected chi connectivity index (χ0v) is 17.1. The Kier molecular flexibility index (Phi) is 5.34. The predicted molar refractivity (Wildman–Crippen MR) is 112 cm³/mol. The summed E-state index contributed by atoms with van der Waals surface area (Å²) >= 11 is 5.94. The molecule has 0 saturated heterocycles. The van der Waals surface area contributed by atoms with E-state index in [-0.39, 0.29) is 17.6 Å². The van der Waals surface area contributed by atoms with Gasteiger partial charge in [0.1, 0.15) is 0 Å². The van der Waals surface area contributed by atoms with Gasteiger partial charge in [0, 0.05) is 28.9 Å². The summed E-state index contributed by atoms with van der Waals surface area (Å²) in [6.07, 6.45) is 4.96. The van der Waals surface area contributed by atoms with Crippen molar-refractivity contribution in [2.45, 2.75) is 37.9 Å². The molecule has 1 aliphatic carbocycles. The van der Waals surface area contributed by atoms with Gasteiger partial charge in [0.15, 0.2) is 0 Å². The second kappa shape index (κ2) is 7.76. The van der Waals surface area contributed by atoms with E-state index in [1.807, 2.05) is 17.0 Å². The number of benzene rings is 2. The van der Waals surface area contributed by atoms with Crippen molar-refractivity contribution in [3.05, 3.63) is 58.6 Å². The summed E-state index contributed by atoms with van der Waals surface area (Å²) < 4.78 is 27.7. The van der Waals surface area contributed by atoms with E-state index < -0.39 is 10.0 Å².